The summed E-state index contributed by atoms with van der Waals surface area (Å²) in [6.07, 6.45) is 0. The lowest BCUT2D eigenvalue weighted by atomic mass is 10.1. The molecule has 4 heteroatoms. The van der Waals surface area contributed by atoms with Crippen LogP contribution in [0.15, 0.2) is 29.2 Å². The Morgan fingerprint density at radius 3 is 2.29 bits per heavy atom. The van der Waals surface area contributed by atoms with Crippen LogP contribution in [-0.4, -0.2) is 21.8 Å². The Morgan fingerprint density at radius 2 is 1.82 bits per heavy atom. The molecule has 0 bridgehead atoms. The van der Waals surface area contributed by atoms with Crippen LogP contribution in [0.25, 0.3) is 0 Å². The number of hydrogen-bond acceptors (Lipinski definition) is 3. The molecule has 0 aliphatic rings. The number of carbonyl (C=O) groups is 1. The highest BCUT2D eigenvalue weighted by Gasteiger charge is 2.19. The number of phenolic OH excluding ortho intramolecular Hbond substituents is 1. The van der Waals surface area contributed by atoms with Crippen molar-refractivity contribution in [2.24, 2.45) is 0 Å². The second-order valence-electron chi connectivity index (χ2n) is 4.99. The lowest BCUT2D eigenvalue weighted by Crippen LogP contribution is -2.44. The fourth-order valence-corrected chi connectivity index (χ4v) is 2.12. The summed E-state index contributed by atoms with van der Waals surface area (Å²) in [6, 6.07) is 6.86. The van der Waals surface area contributed by atoms with E-state index in [-0.39, 0.29) is 22.4 Å². The van der Waals surface area contributed by atoms with E-state index >= 15 is 0 Å². The molecule has 0 aromatic heterocycles. The zero-order valence-electron chi connectivity index (χ0n) is 10.7. The topological polar surface area (TPSA) is 49.3 Å². The highest BCUT2D eigenvalue weighted by molar-refractivity contribution is 8.00. The molecule has 0 heterocycles. The van der Waals surface area contributed by atoms with E-state index in [2.05, 4.69) is 5.32 Å². The molecule has 0 spiro atoms. The van der Waals surface area contributed by atoms with Gasteiger partial charge in [-0.15, -0.1) is 11.8 Å². The molecule has 0 saturated carbocycles. The van der Waals surface area contributed by atoms with Gasteiger partial charge in [0.2, 0.25) is 5.91 Å². The Morgan fingerprint density at radius 1 is 1.29 bits per heavy atom. The van der Waals surface area contributed by atoms with Crippen molar-refractivity contribution in [2.45, 2.75) is 43.4 Å². The van der Waals surface area contributed by atoms with Crippen LogP contribution in [0, 0.1) is 0 Å². The standard InChI is InChI=1S/C13H19NO2S/c1-9(12(16)14-13(2,3)4)17-11-7-5-10(15)6-8-11/h5-9,15H,1-4H3,(H,14,16). The molecule has 0 aliphatic heterocycles. The summed E-state index contributed by atoms with van der Waals surface area (Å²) in [5, 5.41) is 12.0. The fraction of sp³-hybridized carbons (Fsp3) is 0.462. The van der Waals surface area contributed by atoms with Crippen LogP contribution in [0.3, 0.4) is 0 Å². The molecule has 17 heavy (non-hydrogen) atoms. The number of phenols is 1. The molecule has 1 aromatic carbocycles. The van der Waals surface area contributed by atoms with Crippen LogP contribution in [0.5, 0.6) is 5.75 Å². The Bertz CT molecular complexity index is 381. The van der Waals surface area contributed by atoms with E-state index in [0.717, 1.165) is 4.90 Å². The van der Waals surface area contributed by atoms with Gasteiger partial charge in [0, 0.05) is 10.4 Å². The van der Waals surface area contributed by atoms with Crippen molar-refractivity contribution in [2.75, 3.05) is 0 Å². The molecule has 1 rings (SSSR count). The second-order valence-corrected chi connectivity index (χ2v) is 6.41. The molecule has 0 saturated heterocycles. The molecular weight excluding hydrogens is 234 g/mol. The number of benzene rings is 1. The Hall–Kier alpha value is -1.16. The lowest BCUT2D eigenvalue weighted by Gasteiger charge is -2.23. The summed E-state index contributed by atoms with van der Waals surface area (Å²) >= 11 is 1.48. The van der Waals surface area contributed by atoms with Gasteiger partial charge < -0.3 is 10.4 Å². The first kappa shape index (κ1) is 13.9. The molecule has 0 aliphatic carbocycles. The van der Waals surface area contributed by atoms with E-state index in [0.29, 0.717) is 0 Å². The van der Waals surface area contributed by atoms with Gasteiger partial charge in [-0.05, 0) is 52.0 Å². The van der Waals surface area contributed by atoms with Gasteiger partial charge in [-0.3, -0.25) is 4.79 Å². The normalized spacial score (nSPS) is 13.2. The number of thioether (sulfide) groups is 1. The van der Waals surface area contributed by atoms with Crippen molar-refractivity contribution in [1.29, 1.82) is 0 Å². The van der Waals surface area contributed by atoms with Crippen molar-refractivity contribution >= 4 is 17.7 Å². The van der Waals surface area contributed by atoms with Gasteiger partial charge in [0.15, 0.2) is 0 Å². The maximum absolute atomic E-state index is 11.8. The molecule has 94 valence electrons. The Balaban J connectivity index is 2.57. The number of hydrogen-bond donors (Lipinski definition) is 2. The highest BCUT2D eigenvalue weighted by atomic mass is 32.2. The van der Waals surface area contributed by atoms with Gasteiger partial charge in [-0.25, -0.2) is 0 Å². The van der Waals surface area contributed by atoms with E-state index in [4.69, 9.17) is 5.11 Å². The summed E-state index contributed by atoms with van der Waals surface area (Å²) in [7, 11) is 0. The number of amides is 1. The highest BCUT2D eigenvalue weighted by Crippen LogP contribution is 2.25. The van der Waals surface area contributed by atoms with E-state index < -0.39 is 0 Å². The smallest absolute Gasteiger partial charge is 0.233 e. The summed E-state index contributed by atoms with van der Waals surface area (Å²) < 4.78 is 0. The third kappa shape index (κ3) is 5.13. The monoisotopic (exact) mass is 253 g/mol. The first-order chi connectivity index (χ1) is 7.78. The number of carbonyl (C=O) groups excluding carboxylic acids is 1. The van der Waals surface area contributed by atoms with Gasteiger partial charge in [0.1, 0.15) is 5.75 Å². The molecule has 1 unspecified atom stereocenters. The minimum atomic E-state index is -0.207. The van der Waals surface area contributed by atoms with Crippen LogP contribution in [-0.2, 0) is 4.79 Å². The molecule has 2 N–H and O–H groups in total. The van der Waals surface area contributed by atoms with E-state index in [1.807, 2.05) is 27.7 Å². The zero-order chi connectivity index (χ0) is 13.1. The third-order valence-electron chi connectivity index (χ3n) is 2.02. The average molecular weight is 253 g/mol. The predicted molar refractivity (Wildman–Crippen MR) is 71.3 cm³/mol. The van der Waals surface area contributed by atoms with Gasteiger partial charge in [0.25, 0.3) is 0 Å². The molecule has 0 fully saturated rings. The van der Waals surface area contributed by atoms with Gasteiger partial charge in [-0.1, -0.05) is 0 Å². The molecule has 0 radical (unpaired) electrons. The minimum Gasteiger partial charge on any atom is -0.508 e. The quantitative estimate of drug-likeness (QED) is 0.814. The summed E-state index contributed by atoms with van der Waals surface area (Å²) in [5.74, 6) is 0.261. The summed E-state index contributed by atoms with van der Waals surface area (Å²) in [4.78, 5) is 12.8. The first-order valence-corrected chi connectivity index (χ1v) is 6.43. The van der Waals surface area contributed by atoms with E-state index in [1.54, 1.807) is 24.3 Å². The van der Waals surface area contributed by atoms with Gasteiger partial charge >= 0.3 is 0 Å². The van der Waals surface area contributed by atoms with Gasteiger partial charge in [0.05, 0.1) is 5.25 Å². The number of rotatable bonds is 3. The van der Waals surface area contributed by atoms with Crippen molar-refractivity contribution in [1.82, 2.24) is 5.32 Å². The van der Waals surface area contributed by atoms with Crippen LogP contribution in [0.4, 0.5) is 0 Å². The van der Waals surface area contributed by atoms with Crippen LogP contribution in [0.1, 0.15) is 27.7 Å². The second kappa shape index (κ2) is 5.45. The van der Waals surface area contributed by atoms with Crippen LogP contribution < -0.4 is 5.32 Å². The largest absolute Gasteiger partial charge is 0.508 e. The lowest BCUT2D eigenvalue weighted by molar-refractivity contribution is -0.121. The Kier molecular flexibility index (Phi) is 4.46. The minimum absolute atomic E-state index is 0.0237. The van der Waals surface area contributed by atoms with Crippen LogP contribution >= 0.6 is 11.8 Å². The molecule has 1 amide bonds. The molecule has 1 atom stereocenters. The van der Waals surface area contributed by atoms with Gasteiger partial charge in [-0.2, -0.15) is 0 Å². The van der Waals surface area contributed by atoms with Crippen molar-refractivity contribution in [3.63, 3.8) is 0 Å². The third-order valence-corrected chi connectivity index (χ3v) is 3.13. The number of aromatic hydroxyl groups is 1. The SMILES string of the molecule is CC(Sc1ccc(O)cc1)C(=O)NC(C)(C)C. The summed E-state index contributed by atoms with van der Waals surface area (Å²) in [5.41, 5.74) is -0.207. The zero-order valence-corrected chi connectivity index (χ0v) is 11.5. The average Bonchev–Trinajstić information content (AvgIpc) is 2.19. The number of nitrogens with one attached hydrogen (secondary N) is 1. The predicted octanol–water partition coefficient (Wildman–Crippen LogP) is 2.79. The van der Waals surface area contributed by atoms with Crippen molar-refractivity contribution in [3.05, 3.63) is 24.3 Å². The van der Waals surface area contributed by atoms with E-state index in [9.17, 15) is 4.79 Å². The van der Waals surface area contributed by atoms with Crippen molar-refractivity contribution < 1.29 is 9.90 Å². The van der Waals surface area contributed by atoms with Crippen LogP contribution in [0.2, 0.25) is 0 Å². The summed E-state index contributed by atoms with van der Waals surface area (Å²) in [6.45, 7) is 7.76. The molecule has 3 nitrogen and oxygen atoms in total. The van der Waals surface area contributed by atoms with Crippen molar-refractivity contribution in [3.8, 4) is 5.75 Å². The maximum atomic E-state index is 11.8. The Labute approximate surface area is 107 Å². The van der Waals surface area contributed by atoms with E-state index in [1.165, 1.54) is 11.8 Å². The maximum Gasteiger partial charge on any atom is 0.233 e. The first-order valence-electron chi connectivity index (χ1n) is 5.55. The fourth-order valence-electron chi connectivity index (χ4n) is 1.25. The molecule has 1 aromatic rings. The molecular formula is C13H19NO2S.